The van der Waals surface area contributed by atoms with Gasteiger partial charge in [-0.3, -0.25) is 0 Å². The van der Waals surface area contributed by atoms with E-state index in [-0.39, 0.29) is 4.21 Å². The highest BCUT2D eigenvalue weighted by molar-refractivity contribution is 9.11. The SMILES string of the molecule is CCCCCCNS(=O)(=O)c1cc(Cl)c(Br)s1. The van der Waals surface area contributed by atoms with Crippen molar-refractivity contribution in [2.24, 2.45) is 0 Å². The highest BCUT2D eigenvalue weighted by atomic mass is 79.9. The fourth-order valence-corrected chi connectivity index (χ4v) is 4.81. The molecule has 17 heavy (non-hydrogen) atoms. The Bertz CT molecular complexity index is 439. The third kappa shape index (κ3) is 4.87. The third-order valence-corrected chi connectivity index (χ3v) is 6.62. The van der Waals surface area contributed by atoms with Gasteiger partial charge in [-0.05, 0) is 28.4 Å². The molecule has 0 bridgehead atoms. The Morgan fingerprint density at radius 2 is 2.12 bits per heavy atom. The summed E-state index contributed by atoms with van der Waals surface area (Å²) in [6, 6.07) is 1.46. The van der Waals surface area contributed by atoms with E-state index in [9.17, 15) is 8.42 Å². The molecule has 0 saturated carbocycles. The molecule has 0 aromatic carbocycles. The van der Waals surface area contributed by atoms with E-state index in [4.69, 9.17) is 11.6 Å². The van der Waals surface area contributed by atoms with E-state index in [1.165, 1.54) is 6.07 Å². The van der Waals surface area contributed by atoms with Crippen molar-refractivity contribution in [1.82, 2.24) is 4.72 Å². The summed E-state index contributed by atoms with van der Waals surface area (Å²) in [6.07, 6.45) is 4.19. The lowest BCUT2D eigenvalue weighted by molar-refractivity contribution is 0.575. The van der Waals surface area contributed by atoms with Gasteiger partial charge in [0.2, 0.25) is 10.0 Å². The van der Waals surface area contributed by atoms with Gasteiger partial charge in [-0.1, -0.05) is 37.8 Å². The number of nitrogens with one attached hydrogen (secondary N) is 1. The molecule has 0 spiro atoms. The van der Waals surface area contributed by atoms with Crippen molar-refractivity contribution >= 4 is 48.9 Å². The van der Waals surface area contributed by atoms with Crippen molar-refractivity contribution in [2.75, 3.05) is 6.54 Å². The van der Waals surface area contributed by atoms with E-state index < -0.39 is 10.0 Å². The topological polar surface area (TPSA) is 46.2 Å². The van der Waals surface area contributed by atoms with E-state index in [2.05, 4.69) is 27.6 Å². The number of halogens is 2. The van der Waals surface area contributed by atoms with Crippen LogP contribution >= 0.6 is 38.9 Å². The summed E-state index contributed by atoms with van der Waals surface area (Å²) < 4.78 is 27.2. The first-order valence-corrected chi connectivity index (χ1v) is 8.89. The molecule has 0 radical (unpaired) electrons. The third-order valence-electron chi connectivity index (χ3n) is 2.21. The predicted octanol–water partition coefficient (Wildman–Crippen LogP) is 4.02. The second-order valence-corrected chi connectivity index (χ2v) is 8.42. The first kappa shape index (κ1) is 15.4. The molecule has 0 saturated heterocycles. The van der Waals surface area contributed by atoms with Crippen LogP contribution in [-0.2, 0) is 10.0 Å². The highest BCUT2D eigenvalue weighted by Gasteiger charge is 2.18. The van der Waals surface area contributed by atoms with Crippen LogP contribution in [0.1, 0.15) is 32.6 Å². The van der Waals surface area contributed by atoms with E-state index in [1.54, 1.807) is 0 Å². The van der Waals surface area contributed by atoms with E-state index in [1.807, 2.05) is 0 Å². The van der Waals surface area contributed by atoms with Crippen LogP contribution in [0.15, 0.2) is 14.1 Å². The molecule has 7 heteroatoms. The molecule has 98 valence electrons. The van der Waals surface area contributed by atoms with E-state index in [0.717, 1.165) is 37.0 Å². The highest BCUT2D eigenvalue weighted by Crippen LogP contribution is 2.34. The van der Waals surface area contributed by atoms with Crippen LogP contribution in [-0.4, -0.2) is 15.0 Å². The maximum Gasteiger partial charge on any atom is 0.250 e. The Hall–Kier alpha value is 0.380. The van der Waals surface area contributed by atoms with Crippen molar-refractivity contribution < 1.29 is 8.42 Å². The van der Waals surface area contributed by atoms with Gasteiger partial charge in [-0.15, -0.1) is 11.3 Å². The van der Waals surface area contributed by atoms with Crippen molar-refractivity contribution in [3.63, 3.8) is 0 Å². The molecule has 1 aromatic rings. The number of unbranched alkanes of at least 4 members (excludes halogenated alkanes) is 3. The van der Waals surface area contributed by atoms with Gasteiger partial charge in [-0.25, -0.2) is 13.1 Å². The molecule has 0 aliphatic heterocycles. The number of hydrogen-bond acceptors (Lipinski definition) is 3. The average Bonchev–Trinajstić information content (AvgIpc) is 2.60. The van der Waals surface area contributed by atoms with Gasteiger partial charge in [0.15, 0.2) is 0 Å². The minimum atomic E-state index is -3.40. The summed E-state index contributed by atoms with van der Waals surface area (Å²) in [7, 11) is -3.40. The molecule has 0 fully saturated rings. The summed E-state index contributed by atoms with van der Waals surface area (Å²) in [4.78, 5) is 0. The van der Waals surface area contributed by atoms with Crippen LogP contribution < -0.4 is 4.72 Å². The summed E-state index contributed by atoms with van der Waals surface area (Å²) >= 11 is 10.1. The molecule has 0 unspecified atom stereocenters. The number of thiophene rings is 1. The zero-order chi connectivity index (χ0) is 12.9. The monoisotopic (exact) mass is 359 g/mol. The maximum absolute atomic E-state index is 11.9. The fourth-order valence-electron chi connectivity index (χ4n) is 1.29. The Morgan fingerprint density at radius 1 is 1.41 bits per heavy atom. The summed E-state index contributed by atoms with van der Waals surface area (Å²) in [6.45, 7) is 2.60. The van der Waals surface area contributed by atoms with Crippen LogP contribution in [0.3, 0.4) is 0 Å². The van der Waals surface area contributed by atoms with Crippen molar-refractivity contribution in [2.45, 2.75) is 36.8 Å². The Balaban J connectivity index is 2.51. The molecule has 1 heterocycles. The smallest absolute Gasteiger partial charge is 0.210 e. The second-order valence-electron chi connectivity index (χ2n) is 3.65. The van der Waals surface area contributed by atoms with Crippen LogP contribution in [0.4, 0.5) is 0 Å². The van der Waals surface area contributed by atoms with Gasteiger partial charge in [0.1, 0.15) is 4.21 Å². The Kier molecular flexibility index (Phi) is 6.44. The molecule has 0 atom stereocenters. The van der Waals surface area contributed by atoms with Crippen LogP contribution in [0, 0.1) is 0 Å². The summed E-state index contributed by atoms with van der Waals surface area (Å²) in [5, 5.41) is 0.432. The predicted molar refractivity (Wildman–Crippen MR) is 76.4 cm³/mol. The molecule has 1 N–H and O–H groups in total. The molecule has 1 aromatic heterocycles. The molecule has 1 rings (SSSR count). The summed E-state index contributed by atoms with van der Waals surface area (Å²) in [5.74, 6) is 0. The van der Waals surface area contributed by atoms with Crippen molar-refractivity contribution in [3.05, 3.63) is 14.9 Å². The minimum absolute atomic E-state index is 0.255. The summed E-state index contributed by atoms with van der Waals surface area (Å²) in [5.41, 5.74) is 0. The van der Waals surface area contributed by atoms with Gasteiger partial charge in [0.05, 0.1) is 8.81 Å². The first-order valence-electron chi connectivity index (χ1n) is 5.42. The zero-order valence-electron chi connectivity index (χ0n) is 9.50. The Labute approximate surface area is 120 Å². The van der Waals surface area contributed by atoms with Gasteiger partial charge < -0.3 is 0 Å². The minimum Gasteiger partial charge on any atom is -0.210 e. The standard InChI is InChI=1S/C10H15BrClNO2S2/c1-2-3-4-5-6-13-17(14,15)9-7-8(12)10(11)16-9/h7,13H,2-6H2,1H3. The van der Waals surface area contributed by atoms with Crippen molar-refractivity contribution in [3.8, 4) is 0 Å². The molecular weight excluding hydrogens is 346 g/mol. The molecule has 0 aliphatic carbocycles. The van der Waals surface area contributed by atoms with Crippen LogP contribution in [0.5, 0.6) is 0 Å². The van der Waals surface area contributed by atoms with E-state index in [0.29, 0.717) is 15.4 Å². The molecule has 0 aliphatic rings. The maximum atomic E-state index is 11.9. The first-order chi connectivity index (χ1) is 7.97. The quantitative estimate of drug-likeness (QED) is 0.746. The van der Waals surface area contributed by atoms with Gasteiger partial charge in [0, 0.05) is 6.54 Å². The van der Waals surface area contributed by atoms with Gasteiger partial charge >= 0.3 is 0 Å². The lowest BCUT2D eigenvalue weighted by Crippen LogP contribution is -2.23. The average molecular weight is 361 g/mol. The van der Waals surface area contributed by atoms with Crippen LogP contribution in [0.2, 0.25) is 5.02 Å². The lowest BCUT2D eigenvalue weighted by Gasteiger charge is -2.03. The van der Waals surface area contributed by atoms with Crippen LogP contribution in [0.25, 0.3) is 0 Å². The molecular formula is C10H15BrClNO2S2. The number of sulfonamides is 1. The second kappa shape index (κ2) is 7.09. The van der Waals surface area contributed by atoms with E-state index >= 15 is 0 Å². The fraction of sp³-hybridized carbons (Fsp3) is 0.600. The molecule has 0 amide bonds. The lowest BCUT2D eigenvalue weighted by atomic mass is 10.2. The van der Waals surface area contributed by atoms with Gasteiger partial charge in [0.25, 0.3) is 0 Å². The van der Waals surface area contributed by atoms with Gasteiger partial charge in [-0.2, -0.15) is 0 Å². The van der Waals surface area contributed by atoms with Crippen molar-refractivity contribution in [1.29, 1.82) is 0 Å². The largest absolute Gasteiger partial charge is 0.250 e. The Morgan fingerprint density at radius 3 is 2.65 bits per heavy atom. The molecule has 3 nitrogen and oxygen atoms in total. The normalized spacial score (nSPS) is 11.9. The zero-order valence-corrected chi connectivity index (χ0v) is 13.5. The number of hydrogen-bond donors (Lipinski definition) is 1. The number of rotatable bonds is 7.